The molecule has 1 aromatic carbocycles. The Morgan fingerprint density at radius 2 is 2.07 bits per heavy atom. The van der Waals surface area contributed by atoms with Gasteiger partial charge in [0, 0.05) is 5.33 Å². The zero-order valence-electron chi connectivity index (χ0n) is 9.43. The summed E-state index contributed by atoms with van der Waals surface area (Å²) in [5.74, 6) is 0.790. The maximum atomic E-state index is 3.54. The lowest BCUT2D eigenvalue weighted by Crippen LogP contribution is -1.98. The highest BCUT2D eigenvalue weighted by Gasteiger charge is 2.10. The molecule has 1 atom stereocenters. The number of fused-ring (bicyclic) bond motifs is 1. The third-order valence-corrected chi connectivity index (χ3v) is 4.46. The lowest BCUT2D eigenvalue weighted by molar-refractivity contribution is 0.599. The van der Waals surface area contributed by atoms with Crippen molar-refractivity contribution in [2.24, 2.45) is 5.92 Å². The van der Waals surface area contributed by atoms with Gasteiger partial charge < -0.3 is 0 Å². The molecular weight excluding hydrogens is 248 g/mol. The summed E-state index contributed by atoms with van der Waals surface area (Å²) in [7, 11) is 0. The Morgan fingerprint density at radius 1 is 1.27 bits per heavy atom. The predicted molar refractivity (Wildman–Crippen MR) is 69.7 cm³/mol. The normalized spacial score (nSPS) is 16.4. The quantitative estimate of drug-likeness (QED) is 0.719. The summed E-state index contributed by atoms with van der Waals surface area (Å²) in [6.45, 7) is 2.31. The van der Waals surface area contributed by atoms with Crippen LogP contribution in [0.1, 0.15) is 36.5 Å². The number of benzene rings is 1. The molecule has 82 valence electrons. The van der Waals surface area contributed by atoms with Gasteiger partial charge in [-0.25, -0.2) is 0 Å². The molecule has 1 aromatic rings. The Morgan fingerprint density at radius 3 is 2.87 bits per heavy atom. The zero-order valence-corrected chi connectivity index (χ0v) is 11.0. The number of aryl methyl sites for hydroxylation is 3. The van der Waals surface area contributed by atoms with E-state index < -0.39 is 0 Å². The standard InChI is InChI=1S/C14H19Br/c1-11(10-15)5-6-12-7-8-13-3-2-4-14(13)9-12/h7-9,11H,2-6,10H2,1H3. The molecule has 0 aliphatic heterocycles. The third-order valence-electron chi connectivity index (χ3n) is 3.35. The Labute approximate surface area is 101 Å². The van der Waals surface area contributed by atoms with E-state index in [4.69, 9.17) is 0 Å². The summed E-state index contributed by atoms with van der Waals surface area (Å²) in [5, 5.41) is 1.12. The fourth-order valence-corrected chi connectivity index (χ4v) is 2.59. The van der Waals surface area contributed by atoms with Crippen LogP contribution in [-0.2, 0) is 19.3 Å². The van der Waals surface area contributed by atoms with E-state index in [0.717, 1.165) is 11.2 Å². The molecule has 15 heavy (non-hydrogen) atoms. The Kier molecular flexibility index (Phi) is 3.85. The first-order valence-electron chi connectivity index (χ1n) is 5.96. The average molecular weight is 267 g/mol. The highest BCUT2D eigenvalue weighted by molar-refractivity contribution is 9.09. The monoisotopic (exact) mass is 266 g/mol. The van der Waals surface area contributed by atoms with Crippen molar-refractivity contribution < 1.29 is 0 Å². The number of rotatable bonds is 4. The molecule has 0 radical (unpaired) electrons. The van der Waals surface area contributed by atoms with Crippen molar-refractivity contribution in [3.63, 3.8) is 0 Å². The van der Waals surface area contributed by atoms with E-state index in [2.05, 4.69) is 41.1 Å². The van der Waals surface area contributed by atoms with Crippen LogP contribution < -0.4 is 0 Å². The van der Waals surface area contributed by atoms with E-state index in [1.54, 1.807) is 11.1 Å². The first-order chi connectivity index (χ1) is 7.29. The van der Waals surface area contributed by atoms with Gasteiger partial charge in [-0.05, 0) is 54.7 Å². The second-order valence-corrected chi connectivity index (χ2v) is 5.40. The summed E-state index contributed by atoms with van der Waals surface area (Å²) < 4.78 is 0. The topological polar surface area (TPSA) is 0 Å². The molecule has 0 saturated carbocycles. The third kappa shape index (κ3) is 2.84. The smallest absolute Gasteiger partial charge is 0.00571 e. The Hall–Kier alpha value is -0.300. The highest BCUT2D eigenvalue weighted by Crippen LogP contribution is 2.23. The second-order valence-electron chi connectivity index (χ2n) is 4.75. The SMILES string of the molecule is CC(CBr)CCc1ccc2c(c1)CCC2. The maximum absolute atomic E-state index is 3.54. The molecule has 1 aliphatic rings. The number of hydrogen-bond acceptors (Lipinski definition) is 0. The summed E-state index contributed by atoms with van der Waals surface area (Å²) >= 11 is 3.54. The maximum Gasteiger partial charge on any atom is 0.00571 e. The van der Waals surface area contributed by atoms with E-state index >= 15 is 0 Å². The fourth-order valence-electron chi connectivity index (χ4n) is 2.27. The van der Waals surface area contributed by atoms with Crippen LogP contribution in [0.5, 0.6) is 0 Å². The van der Waals surface area contributed by atoms with Crippen molar-refractivity contribution in [1.82, 2.24) is 0 Å². The van der Waals surface area contributed by atoms with Gasteiger partial charge in [-0.1, -0.05) is 41.1 Å². The minimum absolute atomic E-state index is 0.790. The van der Waals surface area contributed by atoms with Crippen LogP contribution in [0.25, 0.3) is 0 Å². The highest BCUT2D eigenvalue weighted by atomic mass is 79.9. The zero-order chi connectivity index (χ0) is 10.7. The molecule has 1 aliphatic carbocycles. The van der Waals surface area contributed by atoms with Crippen molar-refractivity contribution in [3.05, 3.63) is 34.9 Å². The average Bonchev–Trinajstić information content (AvgIpc) is 2.72. The molecular formula is C14H19Br. The Balaban J connectivity index is 1.98. The van der Waals surface area contributed by atoms with Gasteiger partial charge in [0.2, 0.25) is 0 Å². The summed E-state index contributed by atoms with van der Waals surface area (Å²) in [5.41, 5.74) is 4.73. The van der Waals surface area contributed by atoms with Gasteiger partial charge in [-0.3, -0.25) is 0 Å². The lowest BCUT2D eigenvalue weighted by atomic mass is 9.99. The summed E-state index contributed by atoms with van der Waals surface area (Å²) in [4.78, 5) is 0. The molecule has 1 heteroatoms. The molecule has 2 rings (SSSR count). The van der Waals surface area contributed by atoms with Crippen LogP contribution in [0.2, 0.25) is 0 Å². The molecule has 0 fully saturated rings. The van der Waals surface area contributed by atoms with Crippen LogP contribution in [0.4, 0.5) is 0 Å². The van der Waals surface area contributed by atoms with Crippen LogP contribution >= 0.6 is 15.9 Å². The Bertz CT molecular complexity index is 330. The number of alkyl halides is 1. The lowest BCUT2D eigenvalue weighted by Gasteiger charge is -2.08. The van der Waals surface area contributed by atoms with Crippen LogP contribution in [0.15, 0.2) is 18.2 Å². The predicted octanol–water partition coefficient (Wildman–Crippen LogP) is 4.14. The molecule has 0 bridgehead atoms. The summed E-state index contributed by atoms with van der Waals surface area (Å²) in [6.07, 6.45) is 6.49. The molecule has 0 aromatic heterocycles. The molecule has 0 spiro atoms. The van der Waals surface area contributed by atoms with Gasteiger partial charge in [0.15, 0.2) is 0 Å². The van der Waals surface area contributed by atoms with Gasteiger partial charge in [-0.15, -0.1) is 0 Å². The largest absolute Gasteiger partial charge is 0.0925 e. The number of hydrogen-bond donors (Lipinski definition) is 0. The van der Waals surface area contributed by atoms with E-state index in [9.17, 15) is 0 Å². The molecule has 0 saturated heterocycles. The van der Waals surface area contributed by atoms with Crippen LogP contribution in [0, 0.1) is 5.92 Å². The van der Waals surface area contributed by atoms with Crippen LogP contribution in [0.3, 0.4) is 0 Å². The molecule has 0 N–H and O–H groups in total. The van der Waals surface area contributed by atoms with E-state index in [1.807, 2.05) is 0 Å². The van der Waals surface area contributed by atoms with E-state index in [-0.39, 0.29) is 0 Å². The minimum atomic E-state index is 0.790. The molecule has 1 unspecified atom stereocenters. The van der Waals surface area contributed by atoms with Crippen molar-refractivity contribution in [1.29, 1.82) is 0 Å². The first kappa shape index (κ1) is 11.2. The number of halogens is 1. The molecule has 0 amide bonds. The van der Waals surface area contributed by atoms with Gasteiger partial charge in [0.05, 0.1) is 0 Å². The van der Waals surface area contributed by atoms with Gasteiger partial charge in [0.1, 0.15) is 0 Å². The van der Waals surface area contributed by atoms with E-state index in [0.29, 0.717) is 0 Å². The molecule has 0 nitrogen and oxygen atoms in total. The molecule has 0 heterocycles. The van der Waals surface area contributed by atoms with Crippen LogP contribution in [-0.4, -0.2) is 5.33 Å². The van der Waals surface area contributed by atoms with E-state index in [1.165, 1.54) is 37.7 Å². The summed E-state index contributed by atoms with van der Waals surface area (Å²) in [6, 6.07) is 7.10. The van der Waals surface area contributed by atoms with Crippen molar-refractivity contribution in [3.8, 4) is 0 Å². The fraction of sp³-hybridized carbons (Fsp3) is 0.571. The van der Waals surface area contributed by atoms with Gasteiger partial charge in [-0.2, -0.15) is 0 Å². The van der Waals surface area contributed by atoms with Gasteiger partial charge in [0.25, 0.3) is 0 Å². The first-order valence-corrected chi connectivity index (χ1v) is 7.08. The minimum Gasteiger partial charge on any atom is -0.0925 e. The second kappa shape index (κ2) is 5.16. The van der Waals surface area contributed by atoms with Gasteiger partial charge >= 0.3 is 0 Å². The van der Waals surface area contributed by atoms with Crippen molar-refractivity contribution >= 4 is 15.9 Å². The van der Waals surface area contributed by atoms with Crippen molar-refractivity contribution in [2.75, 3.05) is 5.33 Å². The van der Waals surface area contributed by atoms with Crippen molar-refractivity contribution in [2.45, 2.75) is 39.0 Å².